The van der Waals surface area contributed by atoms with E-state index in [1.807, 2.05) is 62.4 Å². The Hall–Kier alpha value is -1.94. The van der Waals surface area contributed by atoms with Gasteiger partial charge in [-0.3, -0.25) is 4.79 Å². The lowest BCUT2D eigenvalue weighted by Gasteiger charge is -2.29. The predicted octanol–water partition coefficient (Wildman–Crippen LogP) is 3.86. The SMILES string of the molecule is Cc1ccc([C@H]2CC(=O)C[C@@H](c3ccc(C)cc3)S2(=O)=O)cc1. The summed E-state index contributed by atoms with van der Waals surface area (Å²) in [5.41, 5.74) is 3.56. The zero-order valence-corrected chi connectivity index (χ0v) is 14.1. The highest BCUT2D eigenvalue weighted by Gasteiger charge is 2.42. The molecule has 1 fully saturated rings. The van der Waals surface area contributed by atoms with Crippen molar-refractivity contribution in [2.75, 3.05) is 0 Å². The van der Waals surface area contributed by atoms with Gasteiger partial charge in [0.05, 0.1) is 10.5 Å². The van der Waals surface area contributed by atoms with E-state index < -0.39 is 20.3 Å². The van der Waals surface area contributed by atoms with Crippen molar-refractivity contribution in [2.45, 2.75) is 37.2 Å². The van der Waals surface area contributed by atoms with Gasteiger partial charge in [-0.05, 0) is 25.0 Å². The Kier molecular flexibility index (Phi) is 4.11. The van der Waals surface area contributed by atoms with Crippen LogP contribution in [0, 0.1) is 13.8 Å². The Bertz CT molecular complexity index is 754. The number of carbonyl (C=O) groups is 1. The summed E-state index contributed by atoms with van der Waals surface area (Å²) in [6, 6.07) is 14.9. The Balaban J connectivity index is 2.03. The molecule has 0 bridgehead atoms. The third-order valence-corrected chi connectivity index (χ3v) is 6.98. The highest BCUT2D eigenvalue weighted by molar-refractivity contribution is 7.92. The Morgan fingerprint density at radius 2 is 1.09 bits per heavy atom. The van der Waals surface area contributed by atoms with Gasteiger partial charge in [0.15, 0.2) is 9.84 Å². The molecule has 0 spiro atoms. The number of ketones is 1. The molecule has 1 aliphatic rings. The quantitative estimate of drug-likeness (QED) is 0.841. The van der Waals surface area contributed by atoms with E-state index in [-0.39, 0.29) is 18.6 Å². The molecule has 2 aromatic rings. The molecule has 0 N–H and O–H groups in total. The van der Waals surface area contributed by atoms with Crippen LogP contribution in [-0.4, -0.2) is 14.2 Å². The Morgan fingerprint density at radius 3 is 1.43 bits per heavy atom. The fourth-order valence-corrected chi connectivity index (χ4v) is 5.41. The summed E-state index contributed by atoms with van der Waals surface area (Å²) in [5.74, 6) is 0.0102. The topological polar surface area (TPSA) is 51.2 Å². The molecule has 120 valence electrons. The molecular weight excluding hydrogens is 308 g/mol. The second-order valence-corrected chi connectivity index (χ2v) is 8.65. The molecule has 0 amide bonds. The average molecular weight is 328 g/mol. The van der Waals surface area contributed by atoms with Crippen molar-refractivity contribution in [3.05, 3.63) is 70.8 Å². The molecule has 2 aromatic carbocycles. The molecule has 2 atom stereocenters. The lowest BCUT2D eigenvalue weighted by Crippen LogP contribution is -2.30. The number of rotatable bonds is 2. The number of Topliss-reactive ketones (excluding diaryl/α,β-unsaturated/α-hetero) is 1. The zero-order valence-electron chi connectivity index (χ0n) is 13.3. The maximum absolute atomic E-state index is 13.1. The van der Waals surface area contributed by atoms with Gasteiger partial charge in [-0.1, -0.05) is 59.7 Å². The van der Waals surface area contributed by atoms with Crippen LogP contribution in [0.4, 0.5) is 0 Å². The van der Waals surface area contributed by atoms with Crippen LogP contribution in [0.25, 0.3) is 0 Å². The van der Waals surface area contributed by atoms with Gasteiger partial charge in [-0.2, -0.15) is 0 Å². The maximum atomic E-state index is 13.1. The first-order chi connectivity index (χ1) is 10.9. The van der Waals surface area contributed by atoms with Crippen LogP contribution < -0.4 is 0 Å². The van der Waals surface area contributed by atoms with E-state index in [9.17, 15) is 13.2 Å². The molecule has 3 rings (SSSR count). The summed E-state index contributed by atoms with van der Waals surface area (Å²) < 4.78 is 26.2. The van der Waals surface area contributed by atoms with Gasteiger partial charge in [-0.15, -0.1) is 0 Å². The Labute approximate surface area is 137 Å². The van der Waals surface area contributed by atoms with Crippen LogP contribution in [0.2, 0.25) is 0 Å². The van der Waals surface area contributed by atoms with Gasteiger partial charge in [0.25, 0.3) is 0 Å². The maximum Gasteiger partial charge on any atom is 0.165 e. The highest BCUT2D eigenvalue weighted by Crippen LogP contribution is 2.43. The number of sulfone groups is 1. The molecule has 3 nitrogen and oxygen atoms in total. The number of carbonyl (C=O) groups excluding carboxylic acids is 1. The van der Waals surface area contributed by atoms with Crippen molar-refractivity contribution < 1.29 is 13.2 Å². The lowest BCUT2D eigenvalue weighted by molar-refractivity contribution is -0.119. The van der Waals surface area contributed by atoms with Crippen molar-refractivity contribution in [1.82, 2.24) is 0 Å². The molecule has 4 heteroatoms. The molecular formula is C19H20O3S. The monoisotopic (exact) mass is 328 g/mol. The summed E-state index contributed by atoms with van der Waals surface area (Å²) in [7, 11) is -3.45. The fourth-order valence-electron chi connectivity index (χ4n) is 3.10. The van der Waals surface area contributed by atoms with Crippen LogP contribution in [0.15, 0.2) is 48.5 Å². The fraction of sp³-hybridized carbons (Fsp3) is 0.316. The number of benzene rings is 2. The van der Waals surface area contributed by atoms with E-state index in [0.717, 1.165) is 11.1 Å². The van der Waals surface area contributed by atoms with Crippen molar-refractivity contribution in [3.63, 3.8) is 0 Å². The third-order valence-electron chi connectivity index (χ3n) is 4.52. The normalized spacial score (nSPS) is 23.7. The first-order valence-corrected chi connectivity index (χ1v) is 9.36. The second kappa shape index (κ2) is 5.93. The van der Waals surface area contributed by atoms with Crippen LogP contribution in [-0.2, 0) is 14.6 Å². The molecule has 0 aliphatic carbocycles. The molecule has 1 saturated heterocycles. The van der Waals surface area contributed by atoms with Crippen LogP contribution in [0.1, 0.15) is 45.6 Å². The molecule has 0 aromatic heterocycles. The predicted molar refractivity (Wildman–Crippen MR) is 91.0 cm³/mol. The van der Waals surface area contributed by atoms with Crippen LogP contribution in [0.5, 0.6) is 0 Å². The molecule has 1 aliphatic heterocycles. The molecule has 0 unspecified atom stereocenters. The molecule has 23 heavy (non-hydrogen) atoms. The minimum absolute atomic E-state index is 0.0102. The first kappa shape index (κ1) is 15.9. The summed E-state index contributed by atoms with van der Waals surface area (Å²) >= 11 is 0. The highest BCUT2D eigenvalue weighted by atomic mass is 32.2. The number of hydrogen-bond acceptors (Lipinski definition) is 3. The molecule has 0 radical (unpaired) electrons. The van der Waals surface area contributed by atoms with Gasteiger partial charge in [0, 0.05) is 12.8 Å². The van der Waals surface area contributed by atoms with Crippen LogP contribution in [0.3, 0.4) is 0 Å². The smallest absolute Gasteiger partial charge is 0.165 e. The van der Waals surface area contributed by atoms with E-state index in [1.54, 1.807) is 0 Å². The number of aryl methyl sites for hydroxylation is 2. The van der Waals surface area contributed by atoms with E-state index >= 15 is 0 Å². The summed E-state index contributed by atoms with van der Waals surface area (Å²) in [6.07, 6.45) is 0.154. The minimum atomic E-state index is -3.45. The summed E-state index contributed by atoms with van der Waals surface area (Å²) in [4.78, 5) is 12.2. The lowest BCUT2D eigenvalue weighted by atomic mass is 9.99. The molecule has 0 saturated carbocycles. The van der Waals surface area contributed by atoms with E-state index in [4.69, 9.17) is 0 Å². The minimum Gasteiger partial charge on any atom is -0.300 e. The zero-order chi connectivity index (χ0) is 16.6. The van der Waals surface area contributed by atoms with Crippen molar-refractivity contribution in [1.29, 1.82) is 0 Å². The largest absolute Gasteiger partial charge is 0.300 e. The average Bonchev–Trinajstić information content (AvgIpc) is 2.51. The first-order valence-electron chi connectivity index (χ1n) is 7.75. The van der Waals surface area contributed by atoms with Crippen molar-refractivity contribution in [3.8, 4) is 0 Å². The summed E-state index contributed by atoms with van der Waals surface area (Å²) in [5, 5.41) is -1.48. The van der Waals surface area contributed by atoms with Crippen LogP contribution >= 0.6 is 0 Å². The van der Waals surface area contributed by atoms with Gasteiger partial charge in [0.2, 0.25) is 0 Å². The Morgan fingerprint density at radius 1 is 0.739 bits per heavy atom. The van der Waals surface area contributed by atoms with Crippen molar-refractivity contribution in [2.24, 2.45) is 0 Å². The van der Waals surface area contributed by atoms with Gasteiger partial charge in [-0.25, -0.2) is 8.42 Å². The van der Waals surface area contributed by atoms with Gasteiger partial charge in [0.1, 0.15) is 5.78 Å². The van der Waals surface area contributed by atoms with E-state index in [2.05, 4.69) is 0 Å². The number of hydrogen-bond donors (Lipinski definition) is 0. The molecule has 1 heterocycles. The van der Waals surface area contributed by atoms with Crippen molar-refractivity contribution >= 4 is 15.6 Å². The van der Waals surface area contributed by atoms with Gasteiger partial charge < -0.3 is 0 Å². The van der Waals surface area contributed by atoms with E-state index in [1.165, 1.54) is 0 Å². The third kappa shape index (κ3) is 3.08. The summed E-state index contributed by atoms with van der Waals surface area (Å²) in [6.45, 7) is 3.92. The second-order valence-electron chi connectivity index (χ2n) is 6.33. The van der Waals surface area contributed by atoms with E-state index in [0.29, 0.717) is 11.1 Å². The standard InChI is InChI=1S/C19H20O3S/c1-13-3-7-15(8-4-13)18-11-17(20)12-19(23(18,21)22)16-9-5-14(2)6-10-16/h3-10,18-19H,11-12H2,1-2H3/t18-,19+. The van der Waals surface area contributed by atoms with Gasteiger partial charge >= 0.3 is 0 Å².